The molecule has 0 saturated heterocycles. The Morgan fingerprint density at radius 2 is 2.18 bits per heavy atom. The summed E-state index contributed by atoms with van der Waals surface area (Å²) in [5.74, 6) is 0.512. The van der Waals surface area contributed by atoms with E-state index in [9.17, 15) is 0 Å². The van der Waals surface area contributed by atoms with E-state index in [1.54, 1.807) is 12.4 Å². The second-order valence-electron chi connectivity index (χ2n) is 4.67. The maximum Gasteiger partial charge on any atom is 0.227 e. The van der Waals surface area contributed by atoms with Gasteiger partial charge in [0.25, 0.3) is 0 Å². The van der Waals surface area contributed by atoms with Crippen LogP contribution in [0.25, 0.3) is 5.57 Å². The minimum absolute atomic E-state index is 0.512. The maximum atomic E-state index is 5.82. The number of rotatable bonds is 5. The van der Waals surface area contributed by atoms with Gasteiger partial charge in [-0.3, -0.25) is 4.99 Å². The molecule has 0 aliphatic carbocycles. The average molecular weight is 293 g/mol. The first-order valence-corrected chi connectivity index (χ1v) is 6.91. The molecule has 1 heterocycles. The Hall–Kier alpha value is -2.95. The standard InChI is InChI=1S/C17H19N5/c1-4-13(11-19-5-2)15-8-9-20-17(21-15)22-16-10-14(18)7-6-12(16)3/h4-11H,2,18H2,1,3H3,(H,20,21,22)/b13-4+,19-11?. The molecule has 0 aliphatic rings. The van der Waals surface area contributed by atoms with E-state index in [0.717, 1.165) is 22.5 Å². The topological polar surface area (TPSA) is 76.2 Å². The fourth-order valence-corrected chi connectivity index (χ4v) is 1.90. The molecule has 0 bridgehead atoms. The Morgan fingerprint density at radius 3 is 2.91 bits per heavy atom. The van der Waals surface area contributed by atoms with E-state index in [1.165, 1.54) is 6.20 Å². The third-order valence-electron chi connectivity index (χ3n) is 3.09. The first kappa shape index (κ1) is 15.4. The van der Waals surface area contributed by atoms with Crippen molar-refractivity contribution in [1.29, 1.82) is 0 Å². The molecule has 1 aromatic heterocycles. The van der Waals surface area contributed by atoms with Crippen LogP contribution in [0.5, 0.6) is 0 Å². The zero-order valence-electron chi connectivity index (χ0n) is 12.7. The minimum Gasteiger partial charge on any atom is -0.399 e. The van der Waals surface area contributed by atoms with Gasteiger partial charge in [-0.15, -0.1) is 0 Å². The lowest BCUT2D eigenvalue weighted by Crippen LogP contribution is -2.02. The first-order valence-electron chi connectivity index (χ1n) is 6.91. The molecule has 0 atom stereocenters. The van der Waals surface area contributed by atoms with Crippen molar-refractivity contribution in [2.45, 2.75) is 13.8 Å². The van der Waals surface area contributed by atoms with Crippen molar-refractivity contribution in [2.75, 3.05) is 11.1 Å². The molecular weight excluding hydrogens is 274 g/mol. The number of allylic oxidation sites excluding steroid dienone is 2. The van der Waals surface area contributed by atoms with Crippen molar-refractivity contribution in [1.82, 2.24) is 9.97 Å². The number of hydrogen-bond donors (Lipinski definition) is 2. The minimum atomic E-state index is 0.512. The van der Waals surface area contributed by atoms with Gasteiger partial charge < -0.3 is 11.1 Å². The summed E-state index contributed by atoms with van der Waals surface area (Å²) in [5.41, 5.74) is 10.2. The second kappa shape index (κ2) is 7.17. The maximum absolute atomic E-state index is 5.82. The molecule has 0 saturated carbocycles. The second-order valence-corrected chi connectivity index (χ2v) is 4.67. The molecule has 5 heteroatoms. The van der Waals surface area contributed by atoms with Gasteiger partial charge in [0.2, 0.25) is 5.95 Å². The molecule has 0 amide bonds. The third kappa shape index (κ3) is 3.79. The molecule has 2 aromatic rings. The Balaban J connectivity index is 2.30. The zero-order valence-corrected chi connectivity index (χ0v) is 12.7. The van der Waals surface area contributed by atoms with Crippen LogP contribution in [0.3, 0.4) is 0 Å². The first-order chi connectivity index (χ1) is 10.6. The summed E-state index contributed by atoms with van der Waals surface area (Å²) in [4.78, 5) is 12.8. The largest absolute Gasteiger partial charge is 0.399 e. The number of nitrogens with zero attached hydrogens (tertiary/aromatic N) is 3. The lowest BCUT2D eigenvalue weighted by molar-refractivity contribution is 1.14. The highest BCUT2D eigenvalue weighted by Gasteiger charge is 2.05. The quantitative estimate of drug-likeness (QED) is 0.650. The summed E-state index contributed by atoms with van der Waals surface area (Å²) in [6, 6.07) is 7.51. The summed E-state index contributed by atoms with van der Waals surface area (Å²) in [7, 11) is 0. The highest BCUT2D eigenvalue weighted by molar-refractivity contribution is 6.09. The van der Waals surface area contributed by atoms with Crippen LogP contribution in [0.1, 0.15) is 18.2 Å². The van der Waals surface area contributed by atoms with Crippen molar-refractivity contribution in [2.24, 2.45) is 4.99 Å². The van der Waals surface area contributed by atoms with E-state index in [2.05, 4.69) is 26.9 Å². The van der Waals surface area contributed by atoms with Crippen molar-refractivity contribution >= 4 is 29.1 Å². The molecule has 0 fully saturated rings. The van der Waals surface area contributed by atoms with Crippen molar-refractivity contribution in [3.63, 3.8) is 0 Å². The van der Waals surface area contributed by atoms with Crippen LogP contribution in [0.2, 0.25) is 0 Å². The summed E-state index contributed by atoms with van der Waals surface area (Å²) in [5, 5.41) is 3.19. The van der Waals surface area contributed by atoms with Crippen LogP contribution in [-0.4, -0.2) is 16.2 Å². The van der Waals surface area contributed by atoms with E-state index in [4.69, 9.17) is 5.73 Å². The van der Waals surface area contributed by atoms with Gasteiger partial charge in [-0.2, -0.15) is 0 Å². The van der Waals surface area contributed by atoms with Crippen LogP contribution >= 0.6 is 0 Å². The number of hydrogen-bond acceptors (Lipinski definition) is 5. The molecule has 3 N–H and O–H groups in total. The number of nitrogens with two attached hydrogens (primary N) is 1. The SMILES string of the molecule is C=CN=C/C(=C\C)c1ccnc(Nc2cc(N)ccc2C)n1. The Labute approximate surface area is 130 Å². The molecule has 5 nitrogen and oxygen atoms in total. The lowest BCUT2D eigenvalue weighted by Gasteiger charge is -2.10. The van der Waals surface area contributed by atoms with Crippen LogP contribution < -0.4 is 11.1 Å². The monoisotopic (exact) mass is 293 g/mol. The number of aryl methyl sites for hydroxylation is 1. The molecule has 0 unspecified atom stereocenters. The van der Waals surface area contributed by atoms with E-state index < -0.39 is 0 Å². The molecule has 0 radical (unpaired) electrons. The Morgan fingerprint density at radius 1 is 1.36 bits per heavy atom. The van der Waals surface area contributed by atoms with Gasteiger partial charge in [-0.1, -0.05) is 18.7 Å². The van der Waals surface area contributed by atoms with Gasteiger partial charge >= 0.3 is 0 Å². The predicted octanol–water partition coefficient (Wildman–Crippen LogP) is 3.73. The van der Waals surface area contributed by atoms with E-state index in [0.29, 0.717) is 11.6 Å². The third-order valence-corrected chi connectivity index (χ3v) is 3.09. The number of benzene rings is 1. The number of anilines is 3. The lowest BCUT2D eigenvalue weighted by atomic mass is 10.2. The van der Waals surface area contributed by atoms with Crippen molar-refractivity contribution < 1.29 is 0 Å². The average Bonchev–Trinajstić information content (AvgIpc) is 2.52. The summed E-state index contributed by atoms with van der Waals surface area (Å²) in [6.07, 6.45) is 6.84. The van der Waals surface area contributed by atoms with Crippen LogP contribution in [0.15, 0.2) is 54.3 Å². The molecule has 0 spiro atoms. The number of nitrogen functional groups attached to an aromatic ring is 1. The predicted molar refractivity (Wildman–Crippen MR) is 93.2 cm³/mol. The number of aromatic nitrogens is 2. The van der Waals surface area contributed by atoms with Crippen molar-refractivity contribution in [3.05, 3.63) is 60.6 Å². The molecular formula is C17H19N5. The molecule has 112 valence electrons. The Bertz CT molecular complexity index is 732. The van der Waals surface area contributed by atoms with Crippen LogP contribution in [0, 0.1) is 6.92 Å². The van der Waals surface area contributed by atoms with E-state index in [-0.39, 0.29) is 0 Å². The molecule has 2 rings (SSSR count). The number of nitrogens with one attached hydrogen (secondary N) is 1. The van der Waals surface area contributed by atoms with Crippen LogP contribution in [-0.2, 0) is 0 Å². The highest BCUT2D eigenvalue weighted by atomic mass is 15.1. The molecule has 22 heavy (non-hydrogen) atoms. The normalized spacial score (nSPS) is 11.6. The van der Waals surface area contributed by atoms with E-state index in [1.807, 2.05) is 44.2 Å². The fraction of sp³-hybridized carbons (Fsp3) is 0.118. The van der Waals surface area contributed by atoms with Crippen molar-refractivity contribution in [3.8, 4) is 0 Å². The summed E-state index contributed by atoms with van der Waals surface area (Å²) in [6.45, 7) is 7.50. The summed E-state index contributed by atoms with van der Waals surface area (Å²) < 4.78 is 0. The van der Waals surface area contributed by atoms with Gasteiger partial charge in [0.1, 0.15) is 0 Å². The smallest absolute Gasteiger partial charge is 0.227 e. The fourth-order valence-electron chi connectivity index (χ4n) is 1.90. The van der Waals surface area contributed by atoms with Gasteiger partial charge in [-0.25, -0.2) is 9.97 Å². The van der Waals surface area contributed by atoms with E-state index >= 15 is 0 Å². The van der Waals surface area contributed by atoms with Gasteiger partial charge in [-0.05, 0) is 37.6 Å². The molecule has 1 aromatic carbocycles. The Kier molecular flexibility index (Phi) is 5.03. The highest BCUT2D eigenvalue weighted by Crippen LogP contribution is 2.21. The molecule has 0 aliphatic heterocycles. The van der Waals surface area contributed by atoms with Gasteiger partial charge in [0.15, 0.2) is 0 Å². The van der Waals surface area contributed by atoms with Crippen LogP contribution in [0.4, 0.5) is 17.3 Å². The zero-order chi connectivity index (χ0) is 15.9. The summed E-state index contributed by atoms with van der Waals surface area (Å²) >= 11 is 0. The van der Waals surface area contributed by atoms with Gasteiger partial charge in [0, 0.05) is 35.6 Å². The van der Waals surface area contributed by atoms with Gasteiger partial charge in [0.05, 0.1) is 5.69 Å². The number of aliphatic imine (C=N–C) groups is 1.